The van der Waals surface area contributed by atoms with Crippen LogP contribution in [0.25, 0.3) is 0 Å². The van der Waals surface area contributed by atoms with Crippen molar-refractivity contribution in [3.8, 4) is 5.75 Å². The maximum absolute atomic E-state index is 12.9. The number of amides is 1. The summed E-state index contributed by atoms with van der Waals surface area (Å²) in [4.78, 5) is 12.1. The molecule has 2 aromatic carbocycles. The second-order valence-electron chi connectivity index (χ2n) is 3.92. The van der Waals surface area contributed by atoms with E-state index in [4.69, 9.17) is 5.73 Å². The maximum Gasteiger partial charge on any atom is 0.235 e. The van der Waals surface area contributed by atoms with Gasteiger partial charge in [-0.1, -0.05) is 24.3 Å². The molecule has 3 N–H and O–H groups in total. The quantitative estimate of drug-likeness (QED) is 0.845. The number of primary amides is 1. The number of carbonyl (C=O) groups excluding carboxylic acids is 1. The minimum Gasteiger partial charge on any atom is -0.507 e. The predicted molar refractivity (Wildman–Crippen MR) is 72.3 cm³/mol. The van der Waals surface area contributed by atoms with Crippen LogP contribution in [0.4, 0.5) is 4.39 Å². The van der Waals surface area contributed by atoms with Crippen molar-refractivity contribution in [1.82, 2.24) is 0 Å². The van der Waals surface area contributed by atoms with Crippen LogP contribution in [0.5, 0.6) is 5.75 Å². The fourth-order valence-corrected chi connectivity index (χ4v) is 2.62. The minimum atomic E-state index is -0.672. The van der Waals surface area contributed by atoms with E-state index in [0.717, 1.165) is 11.8 Å². The Morgan fingerprint density at radius 3 is 2.37 bits per heavy atom. The molecule has 5 heteroatoms. The second kappa shape index (κ2) is 5.75. The highest BCUT2D eigenvalue weighted by Gasteiger charge is 2.20. The van der Waals surface area contributed by atoms with Gasteiger partial charge in [-0.15, -0.1) is 11.8 Å². The zero-order valence-corrected chi connectivity index (χ0v) is 10.7. The van der Waals surface area contributed by atoms with Crippen molar-refractivity contribution in [2.24, 2.45) is 5.73 Å². The number of hydrogen-bond acceptors (Lipinski definition) is 3. The molecule has 3 nitrogen and oxygen atoms in total. The predicted octanol–water partition coefficient (Wildman–Crippen LogP) is 2.85. The van der Waals surface area contributed by atoms with Crippen LogP contribution in [0.2, 0.25) is 0 Å². The number of rotatable bonds is 4. The molecule has 1 amide bonds. The molecule has 0 bridgehead atoms. The van der Waals surface area contributed by atoms with Gasteiger partial charge in [0, 0.05) is 0 Å². The average Bonchev–Trinajstić information content (AvgIpc) is 2.39. The number of halogens is 1. The Morgan fingerprint density at radius 1 is 1.16 bits per heavy atom. The Balaban J connectivity index is 2.29. The zero-order valence-electron chi connectivity index (χ0n) is 9.92. The fourth-order valence-electron chi connectivity index (χ4n) is 1.61. The van der Waals surface area contributed by atoms with Gasteiger partial charge in [0.2, 0.25) is 5.91 Å². The van der Waals surface area contributed by atoms with Crippen LogP contribution in [0, 0.1) is 5.82 Å². The molecule has 0 unspecified atom stereocenters. The number of phenols is 1. The lowest BCUT2D eigenvalue weighted by Gasteiger charge is -2.14. The van der Waals surface area contributed by atoms with Crippen LogP contribution in [0.15, 0.2) is 53.4 Å². The number of carbonyl (C=O) groups is 1. The van der Waals surface area contributed by atoms with Crippen molar-refractivity contribution >= 4 is 17.7 Å². The van der Waals surface area contributed by atoms with E-state index in [9.17, 15) is 14.3 Å². The highest BCUT2D eigenvalue weighted by molar-refractivity contribution is 8.00. The third-order valence-corrected chi connectivity index (χ3v) is 3.88. The van der Waals surface area contributed by atoms with E-state index < -0.39 is 11.2 Å². The van der Waals surface area contributed by atoms with E-state index in [1.807, 2.05) is 0 Å². The van der Waals surface area contributed by atoms with Gasteiger partial charge in [0.1, 0.15) is 16.8 Å². The summed E-state index contributed by atoms with van der Waals surface area (Å²) >= 11 is 1.14. The molecule has 0 radical (unpaired) electrons. The van der Waals surface area contributed by atoms with Crippen LogP contribution < -0.4 is 5.73 Å². The summed E-state index contributed by atoms with van der Waals surface area (Å²) in [6.07, 6.45) is 0. The summed E-state index contributed by atoms with van der Waals surface area (Å²) in [5, 5.41) is 9.03. The highest BCUT2D eigenvalue weighted by atomic mass is 32.2. The first-order valence-electron chi connectivity index (χ1n) is 5.57. The summed E-state index contributed by atoms with van der Waals surface area (Å²) in [5.41, 5.74) is 5.97. The standard InChI is InChI=1S/C14H12FNO2S/c15-10-7-5-9(6-8-10)13(14(16)18)19-12-4-2-1-3-11(12)17/h1-8,13,17H,(H2,16,18)/t13-/m1/s1. The van der Waals surface area contributed by atoms with Gasteiger partial charge in [0.25, 0.3) is 0 Å². The van der Waals surface area contributed by atoms with Crippen LogP contribution in [0.3, 0.4) is 0 Å². The van der Waals surface area contributed by atoms with E-state index in [0.29, 0.717) is 10.5 Å². The van der Waals surface area contributed by atoms with Crippen molar-refractivity contribution in [3.63, 3.8) is 0 Å². The second-order valence-corrected chi connectivity index (χ2v) is 5.07. The van der Waals surface area contributed by atoms with E-state index in [1.54, 1.807) is 18.2 Å². The molecule has 0 aliphatic rings. The molecule has 1 atom stereocenters. The van der Waals surface area contributed by atoms with Crippen LogP contribution in [-0.4, -0.2) is 11.0 Å². The number of phenolic OH excluding ortho intramolecular Hbond substituents is 1. The first kappa shape index (κ1) is 13.4. The molecule has 0 spiro atoms. The Kier molecular flexibility index (Phi) is 4.06. The minimum absolute atomic E-state index is 0.0841. The normalized spacial score (nSPS) is 12.1. The first-order valence-corrected chi connectivity index (χ1v) is 6.45. The summed E-state index contributed by atoms with van der Waals surface area (Å²) in [6.45, 7) is 0. The highest BCUT2D eigenvalue weighted by Crippen LogP contribution is 2.39. The molecule has 98 valence electrons. The lowest BCUT2D eigenvalue weighted by atomic mass is 10.1. The molecule has 0 saturated heterocycles. The van der Waals surface area contributed by atoms with Crippen molar-refractivity contribution in [1.29, 1.82) is 0 Å². The smallest absolute Gasteiger partial charge is 0.235 e. The summed E-state index contributed by atoms with van der Waals surface area (Å²) in [6, 6.07) is 12.2. The number of aromatic hydroxyl groups is 1. The van der Waals surface area contributed by atoms with E-state index in [-0.39, 0.29) is 11.6 Å². The van der Waals surface area contributed by atoms with Gasteiger partial charge in [-0.25, -0.2) is 4.39 Å². The van der Waals surface area contributed by atoms with Gasteiger partial charge >= 0.3 is 0 Å². The third-order valence-electron chi connectivity index (χ3n) is 2.54. The largest absolute Gasteiger partial charge is 0.507 e. The van der Waals surface area contributed by atoms with Crippen LogP contribution in [0.1, 0.15) is 10.8 Å². The molecule has 0 aliphatic carbocycles. The van der Waals surface area contributed by atoms with Crippen LogP contribution >= 0.6 is 11.8 Å². The number of nitrogens with two attached hydrogens (primary N) is 1. The fraction of sp³-hybridized carbons (Fsp3) is 0.0714. The number of para-hydroxylation sites is 1. The zero-order chi connectivity index (χ0) is 13.8. The lowest BCUT2D eigenvalue weighted by molar-refractivity contribution is -0.117. The Morgan fingerprint density at radius 2 is 1.79 bits per heavy atom. The van der Waals surface area contributed by atoms with E-state index in [1.165, 1.54) is 30.3 Å². The molecule has 0 fully saturated rings. The van der Waals surface area contributed by atoms with E-state index >= 15 is 0 Å². The van der Waals surface area contributed by atoms with Gasteiger partial charge in [-0.3, -0.25) is 4.79 Å². The molecule has 2 aromatic rings. The van der Waals surface area contributed by atoms with Crippen molar-refractivity contribution in [3.05, 3.63) is 59.9 Å². The van der Waals surface area contributed by atoms with Crippen LogP contribution in [-0.2, 0) is 4.79 Å². The molecule has 0 aliphatic heterocycles. The first-order chi connectivity index (χ1) is 9.08. The third kappa shape index (κ3) is 3.26. The Labute approximate surface area is 114 Å². The van der Waals surface area contributed by atoms with Gasteiger partial charge in [-0.2, -0.15) is 0 Å². The summed E-state index contributed by atoms with van der Waals surface area (Å²) < 4.78 is 12.9. The van der Waals surface area contributed by atoms with Crippen molar-refractivity contribution in [2.75, 3.05) is 0 Å². The van der Waals surface area contributed by atoms with Gasteiger partial charge in [0.15, 0.2) is 0 Å². The maximum atomic E-state index is 12.9. The SMILES string of the molecule is NC(=O)[C@H](Sc1ccccc1O)c1ccc(F)cc1. The molecule has 0 heterocycles. The van der Waals surface area contributed by atoms with Crippen molar-refractivity contribution in [2.45, 2.75) is 10.1 Å². The van der Waals surface area contributed by atoms with Gasteiger partial charge in [0.05, 0.1) is 4.90 Å². The van der Waals surface area contributed by atoms with E-state index in [2.05, 4.69) is 0 Å². The summed E-state index contributed by atoms with van der Waals surface area (Å²) in [7, 11) is 0. The summed E-state index contributed by atoms with van der Waals surface area (Å²) in [5.74, 6) is -0.833. The van der Waals surface area contributed by atoms with Gasteiger partial charge < -0.3 is 10.8 Å². The van der Waals surface area contributed by atoms with Gasteiger partial charge in [-0.05, 0) is 29.8 Å². The molecule has 2 rings (SSSR count). The molecular weight excluding hydrogens is 265 g/mol. The molecular formula is C14H12FNO2S. The molecule has 0 saturated carbocycles. The van der Waals surface area contributed by atoms with Crippen molar-refractivity contribution < 1.29 is 14.3 Å². The molecule has 19 heavy (non-hydrogen) atoms. The monoisotopic (exact) mass is 277 g/mol. The number of hydrogen-bond donors (Lipinski definition) is 2. The number of benzene rings is 2. The molecule has 0 aromatic heterocycles. The lowest BCUT2D eigenvalue weighted by Crippen LogP contribution is -2.18. The Hall–Kier alpha value is -2.01. The number of thioether (sulfide) groups is 1. The average molecular weight is 277 g/mol. The Bertz CT molecular complexity index is 586. The topological polar surface area (TPSA) is 63.3 Å².